The average molecular weight is 400 g/mol. The summed E-state index contributed by atoms with van der Waals surface area (Å²) in [7, 11) is 1.74. The van der Waals surface area contributed by atoms with Gasteiger partial charge in [0.05, 0.1) is 6.04 Å². The Morgan fingerprint density at radius 1 is 0.967 bits per heavy atom. The summed E-state index contributed by atoms with van der Waals surface area (Å²) in [6.07, 6.45) is 3.34. The van der Waals surface area contributed by atoms with Gasteiger partial charge in [-0.05, 0) is 54.4 Å². The van der Waals surface area contributed by atoms with Crippen LogP contribution in [0, 0.1) is 5.82 Å². The monoisotopic (exact) mass is 400 g/mol. The van der Waals surface area contributed by atoms with Gasteiger partial charge in [-0.3, -0.25) is 14.5 Å². The Balaban J connectivity index is 1.79. The Morgan fingerprint density at radius 2 is 1.63 bits per heavy atom. The molecule has 0 spiro atoms. The number of hydrogen-bond acceptors (Lipinski definition) is 3. The Morgan fingerprint density at radius 3 is 2.30 bits per heavy atom. The molecule has 0 aliphatic rings. The van der Waals surface area contributed by atoms with Gasteiger partial charge in [0, 0.05) is 30.6 Å². The van der Waals surface area contributed by atoms with Crippen molar-refractivity contribution in [3.05, 3.63) is 96.2 Å². The van der Waals surface area contributed by atoms with Crippen molar-refractivity contribution in [2.75, 3.05) is 0 Å². The van der Waals surface area contributed by atoms with E-state index in [1.807, 2.05) is 49.4 Å². The molecule has 0 radical (unpaired) electrons. The van der Waals surface area contributed by atoms with Crippen molar-refractivity contribution < 1.29 is 9.18 Å². The first-order valence-corrected chi connectivity index (χ1v) is 9.63. The molecular formula is C24H21FN4O. The van der Waals surface area contributed by atoms with Gasteiger partial charge in [-0.1, -0.05) is 30.3 Å². The van der Waals surface area contributed by atoms with E-state index in [-0.39, 0.29) is 17.8 Å². The molecule has 0 bridgehead atoms. The van der Waals surface area contributed by atoms with Crippen LogP contribution < -0.4 is 5.32 Å². The van der Waals surface area contributed by atoms with E-state index in [1.165, 1.54) is 12.1 Å². The first-order chi connectivity index (χ1) is 14.5. The molecule has 2 aromatic heterocycles. The van der Waals surface area contributed by atoms with E-state index < -0.39 is 0 Å². The standard InChI is InChI=1S/C24H21FN4O/c1-16(17-6-4-3-5-7-17)27-24(30)23-21(18-12-14-26-15-13-18)22(28-29(23)2)19-8-10-20(25)11-9-19/h3-16H,1-2H3,(H,27,30). The highest BCUT2D eigenvalue weighted by Gasteiger charge is 2.25. The summed E-state index contributed by atoms with van der Waals surface area (Å²) in [5, 5.41) is 7.66. The topological polar surface area (TPSA) is 59.8 Å². The third-order valence-electron chi connectivity index (χ3n) is 5.00. The number of nitrogens with zero attached hydrogens (tertiary/aromatic N) is 3. The number of hydrogen-bond donors (Lipinski definition) is 1. The first-order valence-electron chi connectivity index (χ1n) is 9.63. The fourth-order valence-corrected chi connectivity index (χ4v) is 3.48. The molecule has 0 aliphatic carbocycles. The van der Waals surface area contributed by atoms with Crippen LogP contribution in [0.4, 0.5) is 4.39 Å². The summed E-state index contributed by atoms with van der Waals surface area (Å²) in [4.78, 5) is 17.4. The van der Waals surface area contributed by atoms with Gasteiger partial charge in [-0.25, -0.2) is 4.39 Å². The number of aryl methyl sites for hydroxylation is 1. The molecule has 0 saturated heterocycles. The van der Waals surface area contributed by atoms with Gasteiger partial charge in [-0.2, -0.15) is 5.10 Å². The summed E-state index contributed by atoms with van der Waals surface area (Å²) in [6.45, 7) is 1.94. The van der Waals surface area contributed by atoms with E-state index in [2.05, 4.69) is 15.4 Å². The molecule has 30 heavy (non-hydrogen) atoms. The predicted molar refractivity (Wildman–Crippen MR) is 114 cm³/mol. The second-order valence-corrected chi connectivity index (χ2v) is 7.04. The van der Waals surface area contributed by atoms with Gasteiger partial charge in [0.25, 0.3) is 5.91 Å². The molecule has 2 heterocycles. The largest absolute Gasteiger partial charge is 0.344 e. The number of carbonyl (C=O) groups excluding carboxylic acids is 1. The molecule has 4 rings (SSSR count). The number of carbonyl (C=O) groups is 1. The second-order valence-electron chi connectivity index (χ2n) is 7.04. The molecule has 5 nitrogen and oxygen atoms in total. The Labute approximate surface area is 174 Å². The zero-order valence-corrected chi connectivity index (χ0v) is 16.7. The number of nitrogens with one attached hydrogen (secondary N) is 1. The average Bonchev–Trinajstić information content (AvgIpc) is 3.12. The van der Waals surface area contributed by atoms with Gasteiger partial charge in [-0.15, -0.1) is 0 Å². The van der Waals surface area contributed by atoms with E-state index in [4.69, 9.17) is 0 Å². The summed E-state index contributed by atoms with van der Waals surface area (Å²) < 4.78 is 15.0. The van der Waals surface area contributed by atoms with Gasteiger partial charge in [0.1, 0.15) is 17.2 Å². The molecule has 1 amide bonds. The maximum atomic E-state index is 13.4. The molecule has 150 valence electrons. The lowest BCUT2D eigenvalue weighted by Crippen LogP contribution is -2.28. The van der Waals surface area contributed by atoms with Gasteiger partial charge < -0.3 is 5.32 Å². The normalized spacial score (nSPS) is 11.8. The molecule has 2 aromatic carbocycles. The Bertz CT molecular complexity index is 1160. The van der Waals surface area contributed by atoms with E-state index in [0.717, 1.165) is 16.7 Å². The van der Waals surface area contributed by atoms with Gasteiger partial charge in [0.2, 0.25) is 0 Å². The van der Waals surface area contributed by atoms with Crippen LogP contribution in [0.15, 0.2) is 79.1 Å². The molecule has 0 fully saturated rings. The maximum Gasteiger partial charge on any atom is 0.270 e. The highest BCUT2D eigenvalue weighted by atomic mass is 19.1. The van der Waals surface area contributed by atoms with Crippen LogP contribution in [-0.4, -0.2) is 20.7 Å². The minimum absolute atomic E-state index is 0.173. The lowest BCUT2D eigenvalue weighted by atomic mass is 9.99. The molecule has 0 aliphatic heterocycles. The van der Waals surface area contributed by atoms with Crippen LogP contribution >= 0.6 is 0 Å². The number of benzene rings is 2. The third kappa shape index (κ3) is 3.85. The molecular weight excluding hydrogens is 379 g/mol. The highest BCUT2D eigenvalue weighted by Crippen LogP contribution is 2.34. The molecule has 1 unspecified atom stereocenters. The third-order valence-corrected chi connectivity index (χ3v) is 5.00. The van der Waals surface area contributed by atoms with Gasteiger partial charge >= 0.3 is 0 Å². The lowest BCUT2D eigenvalue weighted by Gasteiger charge is -2.15. The van der Waals surface area contributed by atoms with E-state index >= 15 is 0 Å². The molecule has 1 N–H and O–H groups in total. The fraction of sp³-hybridized carbons (Fsp3) is 0.125. The molecule has 6 heteroatoms. The zero-order valence-electron chi connectivity index (χ0n) is 16.7. The highest BCUT2D eigenvalue weighted by molar-refractivity contribution is 6.03. The first kappa shape index (κ1) is 19.5. The van der Waals surface area contributed by atoms with Crippen molar-refractivity contribution >= 4 is 5.91 Å². The smallest absolute Gasteiger partial charge is 0.270 e. The zero-order chi connectivity index (χ0) is 21.1. The van der Waals surface area contributed by atoms with Crippen molar-refractivity contribution in [1.82, 2.24) is 20.1 Å². The van der Waals surface area contributed by atoms with Gasteiger partial charge in [0.15, 0.2) is 0 Å². The quantitative estimate of drug-likeness (QED) is 0.525. The molecule has 1 atom stereocenters. The Kier molecular flexibility index (Phi) is 5.39. The number of amides is 1. The SMILES string of the molecule is CC(NC(=O)c1c(-c2ccncc2)c(-c2ccc(F)cc2)nn1C)c1ccccc1. The summed E-state index contributed by atoms with van der Waals surface area (Å²) in [5.74, 6) is -0.559. The molecule has 4 aromatic rings. The van der Waals surface area contributed by atoms with Crippen molar-refractivity contribution in [1.29, 1.82) is 0 Å². The summed E-state index contributed by atoms with van der Waals surface area (Å²) in [5.41, 5.74) is 4.29. The Hall–Kier alpha value is -3.80. The van der Waals surface area contributed by atoms with Crippen molar-refractivity contribution in [2.45, 2.75) is 13.0 Å². The molecule has 0 saturated carbocycles. The maximum absolute atomic E-state index is 13.4. The van der Waals surface area contributed by atoms with Crippen molar-refractivity contribution in [2.24, 2.45) is 7.05 Å². The van der Waals surface area contributed by atoms with Crippen LogP contribution in [0.5, 0.6) is 0 Å². The van der Waals surface area contributed by atoms with Crippen LogP contribution in [-0.2, 0) is 7.05 Å². The number of aromatic nitrogens is 3. The van der Waals surface area contributed by atoms with E-state index in [9.17, 15) is 9.18 Å². The van der Waals surface area contributed by atoms with E-state index in [0.29, 0.717) is 17.0 Å². The summed E-state index contributed by atoms with van der Waals surface area (Å²) in [6, 6.07) is 19.4. The summed E-state index contributed by atoms with van der Waals surface area (Å²) >= 11 is 0. The lowest BCUT2D eigenvalue weighted by molar-refractivity contribution is 0.0931. The van der Waals surface area contributed by atoms with Crippen molar-refractivity contribution in [3.8, 4) is 22.4 Å². The van der Waals surface area contributed by atoms with E-state index in [1.54, 1.807) is 36.3 Å². The van der Waals surface area contributed by atoms with Crippen molar-refractivity contribution in [3.63, 3.8) is 0 Å². The minimum atomic E-state index is -0.324. The predicted octanol–water partition coefficient (Wildman–Crippen LogP) is 4.78. The number of rotatable bonds is 5. The second kappa shape index (κ2) is 8.29. The fourth-order valence-electron chi connectivity index (χ4n) is 3.48. The number of pyridine rings is 1. The number of halogens is 1. The van der Waals surface area contributed by atoms with Crippen LogP contribution in [0.1, 0.15) is 29.0 Å². The van der Waals surface area contributed by atoms with Crippen LogP contribution in [0.3, 0.4) is 0 Å². The van der Waals surface area contributed by atoms with Crippen LogP contribution in [0.2, 0.25) is 0 Å². The van der Waals surface area contributed by atoms with Crippen LogP contribution in [0.25, 0.3) is 22.4 Å². The minimum Gasteiger partial charge on any atom is -0.344 e.